The zero-order valence-electron chi connectivity index (χ0n) is 18.9. The van der Waals surface area contributed by atoms with Crippen molar-refractivity contribution >= 4 is 5.97 Å². The van der Waals surface area contributed by atoms with Crippen LogP contribution in [0.15, 0.2) is 30.3 Å². The van der Waals surface area contributed by atoms with E-state index in [2.05, 4.69) is 11.9 Å². The van der Waals surface area contributed by atoms with Gasteiger partial charge in [-0.1, -0.05) is 6.07 Å². The fourth-order valence-electron chi connectivity index (χ4n) is 4.56. The van der Waals surface area contributed by atoms with Crippen molar-refractivity contribution in [2.24, 2.45) is 0 Å². The largest absolute Gasteiger partial charge is 0.493 e. The Morgan fingerprint density at radius 2 is 1.58 bits per heavy atom. The average molecular weight is 430 g/mol. The van der Waals surface area contributed by atoms with Gasteiger partial charge in [0.1, 0.15) is 0 Å². The zero-order chi connectivity index (χ0) is 22.6. The van der Waals surface area contributed by atoms with Crippen LogP contribution in [0.5, 0.6) is 23.0 Å². The fraction of sp³-hybridized carbons (Fsp3) is 0.458. The number of aliphatic carboxylic acids is 1. The highest BCUT2D eigenvalue weighted by Gasteiger charge is 2.42. The minimum atomic E-state index is -0.812. The molecular formula is C24H31NO6. The third-order valence-corrected chi connectivity index (χ3v) is 6.25. The van der Waals surface area contributed by atoms with Gasteiger partial charge in [0.05, 0.1) is 34.0 Å². The van der Waals surface area contributed by atoms with Crippen molar-refractivity contribution < 1.29 is 28.8 Å². The van der Waals surface area contributed by atoms with Gasteiger partial charge < -0.3 is 24.1 Å². The van der Waals surface area contributed by atoms with Gasteiger partial charge >= 0.3 is 5.97 Å². The number of ether oxygens (including phenoxy) is 4. The Hall–Kier alpha value is -2.93. The van der Waals surface area contributed by atoms with Gasteiger partial charge in [-0.25, -0.2) is 0 Å². The number of carbonyl (C=O) groups is 1. The van der Waals surface area contributed by atoms with E-state index < -0.39 is 11.5 Å². The number of fused-ring (bicyclic) bond motifs is 1. The van der Waals surface area contributed by atoms with Gasteiger partial charge in [0.25, 0.3) is 0 Å². The molecule has 1 aliphatic heterocycles. The molecule has 168 valence electrons. The highest BCUT2D eigenvalue weighted by molar-refractivity contribution is 5.67. The molecule has 0 radical (unpaired) electrons. The van der Waals surface area contributed by atoms with Crippen LogP contribution in [-0.2, 0) is 23.2 Å². The van der Waals surface area contributed by atoms with Gasteiger partial charge in [-0.05, 0) is 67.3 Å². The Kier molecular flexibility index (Phi) is 6.95. The first-order valence-electron chi connectivity index (χ1n) is 10.3. The Bertz CT molecular complexity index is 944. The third kappa shape index (κ3) is 4.42. The Morgan fingerprint density at radius 1 is 0.968 bits per heavy atom. The SMILES string of the molecule is COc1ccc(C[C@]2(CCC(=O)O)c3cc(OC)c(OC)cc3CCN2C)cc1OC. The molecule has 0 spiro atoms. The number of hydrogen-bond acceptors (Lipinski definition) is 6. The maximum absolute atomic E-state index is 11.6. The molecule has 31 heavy (non-hydrogen) atoms. The van der Waals surface area contributed by atoms with Crippen LogP contribution in [-0.4, -0.2) is 58.0 Å². The Labute approximate surface area is 183 Å². The number of hydrogen-bond donors (Lipinski definition) is 1. The number of benzene rings is 2. The van der Waals surface area contributed by atoms with Crippen LogP contribution < -0.4 is 18.9 Å². The monoisotopic (exact) mass is 429 g/mol. The summed E-state index contributed by atoms with van der Waals surface area (Å²) >= 11 is 0. The zero-order valence-corrected chi connectivity index (χ0v) is 18.9. The minimum absolute atomic E-state index is 0.0609. The highest BCUT2D eigenvalue weighted by atomic mass is 16.5. The molecule has 1 atom stereocenters. The summed E-state index contributed by atoms with van der Waals surface area (Å²) < 4.78 is 21.9. The van der Waals surface area contributed by atoms with Crippen LogP contribution in [0.4, 0.5) is 0 Å². The maximum Gasteiger partial charge on any atom is 0.303 e. The van der Waals surface area contributed by atoms with Crippen molar-refractivity contribution in [1.82, 2.24) is 4.90 Å². The van der Waals surface area contributed by atoms with Crippen LogP contribution in [0.3, 0.4) is 0 Å². The van der Waals surface area contributed by atoms with Gasteiger partial charge in [-0.2, -0.15) is 0 Å². The van der Waals surface area contributed by atoms with E-state index in [0.29, 0.717) is 35.8 Å². The molecular weight excluding hydrogens is 398 g/mol. The summed E-state index contributed by atoms with van der Waals surface area (Å²) in [5.41, 5.74) is 2.76. The molecule has 0 fully saturated rings. The lowest BCUT2D eigenvalue weighted by molar-refractivity contribution is -0.138. The molecule has 7 nitrogen and oxygen atoms in total. The van der Waals surface area contributed by atoms with Crippen LogP contribution in [0.2, 0.25) is 0 Å². The molecule has 1 aliphatic rings. The van der Waals surface area contributed by atoms with E-state index in [1.54, 1.807) is 28.4 Å². The molecule has 0 aliphatic carbocycles. The van der Waals surface area contributed by atoms with Gasteiger partial charge in [0.15, 0.2) is 23.0 Å². The first kappa shape index (κ1) is 22.7. The van der Waals surface area contributed by atoms with Crippen molar-refractivity contribution in [3.63, 3.8) is 0 Å². The van der Waals surface area contributed by atoms with Crippen LogP contribution in [0, 0.1) is 0 Å². The summed E-state index contributed by atoms with van der Waals surface area (Å²) in [5.74, 6) is 1.83. The summed E-state index contributed by atoms with van der Waals surface area (Å²) in [7, 11) is 8.52. The van der Waals surface area contributed by atoms with E-state index in [0.717, 1.165) is 29.7 Å². The minimum Gasteiger partial charge on any atom is -0.493 e. The third-order valence-electron chi connectivity index (χ3n) is 6.25. The lowest BCUT2D eigenvalue weighted by Gasteiger charge is -2.47. The van der Waals surface area contributed by atoms with Gasteiger partial charge in [0, 0.05) is 13.0 Å². The lowest BCUT2D eigenvalue weighted by Crippen LogP contribution is -2.50. The second kappa shape index (κ2) is 9.47. The molecule has 0 bridgehead atoms. The number of rotatable bonds is 9. The van der Waals surface area contributed by atoms with Gasteiger partial charge in [-0.3, -0.25) is 9.69 Å². The highest BCUT2D eigenvalue weighted by Crippen LogP contribution is 2.45. The smallest absolute Gasteiger partial charge is 0.303 e. The standard InChI is InChI=1S/C24H31NO6/c1-25-11-9-17-13-21(30-4)22(31-5)14-18(17)24(25,10-8-23(26)27)15-16-6-7-19(28-2)20(12-16)29-3/h6-7,12-14H,8-11,15H2,1-5H3,(H,26,27)/t24-/m1/s1. The lowest BCUT2D eigenvalue weighted by atomic mass is 9.73. The first-order valence-corrected chi connectivity index (χ1v) is 10.3. The maximum atomic E-state index is 11.6. The second-order valence-corrected chi connectivity index (χ2v) is 7.83. The summed E-state index contributed by atoms with van der Waals surface area (Å²) in [6, 6.07) is 9.88. The molecule has 0 amide bonds. The summed E-state index contributed by atoms with van der Waals surface area (Å²) in [4.78, 5) is 13.8. The van der Waals surface area contributed by atoms with Crippen LogP contribution in [0.25, 0.3) is 0 Å². The number of carboxylic acids is 1. The molecule has 1 N–H and O–H groups in total. The molecule has 2 aromatic rings. The van der Waals surface area contributed by atoms with Crippen molar-refractivity contribution in [2.75, 3.05) is 42.0 Å². The second-order valence-electron chi connectivity index (χ2n) is 7.83. The van der Waals surface area contributed by atoms with Crippen LogP contribution in [0.1, 0.15) is 29.5 Å². The quantitative estimate of drug-likeness (QED) is 0.654. The van der Waals surface area contributed by atoms with Crippen LogP contribution >= 0.6 is 0 Å². The average Bonchev–Trinajstić information content (AvgIpc) is 2.78. The number of carboxylic acid groups (broad SMARTS) is 1. The van der Waals surface area contributed by atoms with Crippen molar-refractivity contribution in [3.05, 3.63) is 47.0 Å². The molecule has 7 heteroatoms. The molecule has 0 unspecified atom stereocenters. The van der Waals surface area contributed by atoms with Gasteiger partial charge in [0.2, 0.25) is 0 Å². The molecule has 1 heterocycles. The van der Waals surface area contributed by atoms with Gasteiger partial charge in [-0.15, -0.1) is 0 Å². The first-order chi connectivity index (χ1) is 14.9. The normalized spacial score (nSPS) is 18.2. The van der Waals surface area contributed by atoms with Crippen molar-refractivity contribution in [2.45, 2.75) is 31.2 Å². The predicted octanol–water partition coefficient (Wildman–Crippen LogP) is 3.51. The molecule has 0 saturated carbocycles. The van der Waals surface area contributed by atoms with E-state index in [4.69, 9.17) is 18.9 Å². The molecule has 0 aromatic heterocycles. The molecule has 0 saturated heterocycles. The topological polar surface area (TPSA) is 77.5 Å². The summed E-state index contributed by atoms with van der Waals surface area (Å²) in [5, 5.41) is 9.49. The Morgan fingerprint density at radius 3 is 2.19 bits per heavy atom. The van der Waals surface area contributed by atoms with E-state index in [9.17, 15) is 9.90 Å². The van der Waals surface area contributed by atoms with Crippen molar-refractivity contribution in [3.8, 4) is 23.0 Å². The summed E-state index contributed by atoms with van der Waals surface area (Å²) in [6.45, 7) is 0.815. The molecule has 3 rings (SSSR count). The van der Waals surface area contributed by atoms with E-state index in [1.165, 1.54) is 0 Å². The number of likely N-dealkylation sites (N-methyl/N-ethyl adjacent to an activating group) is 1. The predicted molar refractivity (Wildman–Crippen MR) is 118 cm³/mol. The number of nitrogens with zero attached hydrogens (tertiary/aromatic N) is 1. The van der Waals surface area contributed by atoms with E-state index in [-0.39, 0.29) is 6.42 Å². The van der Waals surface area contributed by atoms with E-state index >= 15 is 0 Å². The van der Waals surface area contributed by atoms with E-state index in [1.807, 2.05) is 30.3 Å². The fourth-order valence-corrected chi connectivity index (χ4v) is 4.56. The molecule has 2 aromatic carbocycles. The number of methoxy groups -OCH3 is 4. The Balaban J connectivity index is 2.15. The summed E-state index contributed by atoms with van der Waals surface area (Å²) in [6.07, 6.45) is 2.01. The van der Waals surface area contributed by atoms with Crippen molar-refractivity contribution in [1.29, 1.82) is 0 Å².